The van der Waals surface area contributed by atoms with Crippen LogP contribution in [0.25, 0.3) is 0 Å². The Morgan fingerprint density at radius 3 is 2.71 bits per heavy atom. The number of hydrogen-bond donors (Lipinski definition) is 0. The molecule has 2 nitrogen and oxygen atoms in total. The maximum absolute atomic E-state index is 10.7. The fraction of sp³-hybridized carbons (Fsp3) is 0.545. The van der Waals surface area contributed by atoms with E-state index < -0.39 is 0 Å². The third-order valence-electron chi connectivity index (χ3n) is 2.19. The molecule has 1 heterocycles. The van der Waals surface area contributed by atoms with Gasteiger partial charge < -0.3 is 4.74 Å². The molecule has 1 aliphatic rings. The van der Waals surface area contributed by atoms with Crippen LogP contribution in [0, 0.1) is 5.92 Å². The maximum Gasteiger partial charge on any atom is 0.330 e. The summed E-state index contributed by atoms with van der Waals surface area (Å²) in [5.41, 5.74) is 0. The number of allylic oxidation sites excluding steroid dienone is 3. The lowest BCUT2D eigenvalue weighted by atomic mass is 10.0. The van der Waals surface area contributed by atoms with Crippen molar-refractivity contribution >= 4 is 17.7 Å². The molecule has 0 amide bonds. The molecule has 78 valence electrons. The van der Waals surface area contributed by atoms with Crippen molar-refractivity contribution in [3.8, 4) is 0 Å². The summed E-state index contributed by atoms with van der Waals surface area (Å²) in [5, 5.41) is 0. The largest absolute Gasteiger partial charge is 0.466 e. The fourth-order valence-electron chi connectivity index (χ4n) is 1.33. The van der Waals surface area contributed by atoms with Gasteiger partial charge in [-0.2, -0.15) is 11.8 Å². The lowest BCUT2D eigenvalue weighted by Gasteiger charge is -2.17. The SMILES string of the molecule is COC(=O)/C=C\C=C\C1CCSCC1. The van der Waals surface area contributed by atoms with E-state index in [1.54, 1.807) is 6.08 Å². The second kappa shape index (κ2) is 6.71. The molecular formula is C11H16O2S. The van der Waals surface area contributed by atoms with Crippen LogP contribution in [0.4, 0.5) is 0 Å². The lowest BCUT2D eigenvalue weighted by Crippen LogP contribution is -2.06. The number of hydrogen-bond acceptors (Lipinski definition) is 3. The second-order valence-corrected chi connectivity index (χ2v) is 4.44. The third-order valence-corrected chi connectivity index (χ3v) is 3.24. The molecule has 0 N–H and O–H groups in total. The van der Waals surface area contributed by atoms with Crippen molar-refractivity contribution in [1.29, 1.82) is 0 Å². The number of esters is 1. The van der Waals surface area contributed by atoms with E-state index in [9.17, 15) is 4.79 Å². The van der Waals surface area contributed by atoms with Crippen molar-refractivity contribution < 1.29 is 9.53 Å². The Labute approximate surface area is 89.4 Å². The van der Waals surface area contributed by atoms with E-state index in [4.69, 9.17) is 0 Å². The number of thioether (sulfide) groups is 1. The summed E-state index contributed by atoms with van der Waals surface area (Å²) in [6.45, 7) is 0. The topological polar surface area (TPSA) is 26.3 Å². The van der Waals surface area contributed by atoms with Gasteiger partial charge in [0.2, 0.25) is 0 Å². The quantitative estimate of drug-likeness (QED) is 0.408. The number of carbonyl (C=O) groups excluding carboxylic acids is 1. The Kier molecular flexibility index (Phi) is 5.45. The number of carbonyl (C=O) groups is 1. The summed E-state index contributed by atoms with van der Waals surface area (Å²) in [6.07, 6.45) is 9.82. The van der Waals surface area contributed by atoms with Crippen LogP contribution in [0.3, 0.4) is 0 Å². The van der Waals surface area contributed by atoms with Gasteiger partial charge in [-0.15, -0.1) is 0 Å². The van der Waals surface area contributed by atoms with Gasteiger partial charge >= 0.3 is 5.97 Å². The average molecular weight is 212 g/mol. The smallest absolute Gasteiger partial charge is 0.330 e. The molecule has 1 rings (SSSR count). The summed E-state index contributed by atoms with van der Waals surface area (Å²) >= 11 is 2.02. The molecule has 14 heavy (non-hydrogen) atoms. The fourth-order valence-corrected chi connectivity index (χ4v) is 2.47. The van der Waals surface area contributed by atoms with E-state index in [2.05, 4.69) is 10.8 Å². The predicted octanol–water partition coefficient (Wildman–Crippen LogP) is 2.42. The van der Waals surface area contributed by atoms with Crippen molar-refractivity contribution in [2.45, 2.75) is 12.8 Å². The van der Waals surface area contributed by atoms with Crippen LogP contribution in [0.1, 0.15) is 12.8 Å². The minimum Gasteiger partial charge on any atom is -0.466 e. The molecule has 0 aliphatic carbocycles. The molecule has 0 bridgehead atoms. The van der Waals surface area contributed by atoms with Gasteiger partial charge in [0, 0.05) is 6.08 Å². The summed E-state index contributed by atoms with van der Waals surface area (Å²) in [4.78, 5) is 10.7. The van der Waals surface area contributed by atoms with E-state index >= 15 is 0 Å². The van der Waals surface area contributed by atoms with Crippen LogP contribution in [0.5, 0.6) is 0 Å². The minimum absolute atomic E-state index is 0.297. The van der Waals surface area contributed by atoms with Crippen LogP contribution < -0.4 is 0 Å². The van der Waals surface area contributed by atoms with Gasteiger partial charge in [0.15, 0.2) is 0 Å². The molecule has 0 saturated carbocycles. The molecule has 3 heteroatoms. The highest BCUT2D eigenvalue weighted by molar-refractivity contribution is 7.99. The molecule has 0 atom stereocenters. The van der Waals surface area contributed by atoms with Gasteiger partial charge in [-0.1, -0.05) is 18.2 Å². The van der Waals surface area contributed by atoms with Gasteiger partial charge in [-0.25, -0.2) is 4.79 Å². The highest BCUT2D eigenvalue weighted by Gasteiger charge is 2.09. The zero-order chi connectivity index (χ0) is 10.2. The molecule has 0 spiro atoms. The van der Waals surface area contributed by atoms with Gasteiger partial charge in [0.25, 0.3) is 0 Å². The monoisotopic (exact) mass is 212 g/mol. The molecule has 1 aliphatic heterocycles. The predicted molar refractivity (Wildman–Crippen MR) is 60.3 cm³/mol. The van der Waals surface area contributed by atoms with Crippen LogP contribution in [0.2, 0.25) is 0 Å². The van der Waals surface area contributed by atoms with Gasteiger partial charge in [-0.3, -0.25) is 0 Å². The third kappa shape index (κ3) is 4.51. The van der Waals surface area contributed by atoms with E-state index in [0.29, 0.717) is 5.92 Å². The van der Waals surface area contributed by atoms with Crippen molar-refractivity contribution in [2.24, 2.45) is 5.92 Å². The van der Waals surface area contributed by atoms with Crippen molar-refractivity contribution in [2.75, 3.05) is 18.6 Å². The molecular weight excluding hydrogens is 196 g/mol. The standard InChI is InChI=1S/C11H16O2S/c1-13-11(12)5-3-2-4-10-6-8-14-9-7-10/h2-5,10H,6-9H2,1H3/b4-2+,5-3-. The first-order valence-corrected chi connectivity index (χ1v) is 5.99. The second-order valence-electron chi connectivity index (χ2n) is 3.22. The molecule has 1 fully saturated rings. The lowest BCUT2D eigenvalue weighted by molar-refractivity contribution is -0.134. The summed E-state index contributed by atoms with van der Waals surface area (Å²) < 4.78 is 4.48. The Morgan fingerprint density at radius 1 is 1.36 bits per heavy atom. The van der Waals surface area contributed by atoms with E-state index in [1.165, 1.54) is 37.5 Å². The number of rotatable bonds is 3. The highest BCUT2D eigenvalue weighted by atomic mass is 32.2. The minimum atomic E-state index is -0.297. The van der Waals surface area contributed by atoms with Gasteiger partial charge in [-0.05, 0) is 30.3 Å². The zero-order valence-corrected chi connectivity index (χ0v) is 9.26. The van der Waals surface area contributed by atoms with Crippen molar-refractivity contribution in [3.05, 3.63) is 24.3 Å². The number of ether oxygens (including phenoxy) is 1. The van der Waals surface area contributed by atoms with Crippen LogP contribution in [-0.4, -0.2) is 24.6 Å². The van der Waals surface area contributed by atoms with Crippen LogP contribution in [-0.2, 0) is 9.53 Å². The van der Waals surface area contributed by atoms with E-state index in [0.717, 1.165) is 0 Å². The normalized spacial score (nSPS) is 19.2. The first-order valence-electron chi connectivity index (χ1n) is 4.83. The van der Waals surface area contributed by atoms with Crippen molar-refractivity contribution in [1.82, 2.24) is 0 Å². The van der Waals surface area contributed by atoms with Gasteiger partial charge in [0.05, 0.1) is 7.11 Å². The Bertz CT molecular complexity index is 227. The first kappa shape index (κ1) is 11.4. The van der Waals surface area contributed by atoms with Crippen LogP contribution >= 0.6 is 11.8 Å². The zero-order valence-electron chi connectivity index (χ0n) is 8.44. The Hall–Kier alpha value is -0.700. The number of methoxy groups -OCH3 is 1. The van der Waals surface area contributed by atoms with Gasteiger partial charge in [0.1, 0.15) is 0 Å². The Balaban J connectivity index is 2.24. The highest BCUT2D eigenvalue weighted by Crippen LogP contribution is 2.23. The summed E-state index contributed by atoms with van der Waals surface area (Å²) in [5.74, 6) is 2.92. The molecule has 1 saturated heterocycles. The van der Waals surface area contributed by atoms with E-state index in [1.807, 2.05) is 17.8 Å². The molecule has 0 aromatic carbocycles. The summed E-state index contributed by atoms with van der Waals surface area (Å²) in [6, 6.07) is 0. The Morgan fingerprint density at radius 2 is 2.07 bits per heavy atom. The molecule has 0 unspecified atom stereocenters. The summed E-state index contributed by atoms with van der Waals surface area (Å²) in [7, 11) is 1.38. The molecule has 0 aromatic rings. The average Bonchev–Trinajstić information content (AvgIpc) is 2.25. The van der Waals surface area contributed by atoms with E-state index in [-0.39, 0.29) is 5.97 Å². The molecule has 0 radical (unpaired) electrons. The van der Waals surface area contributed by atoms with Crippen LogP contribution in [0.15, 0.2) is 24.3 Å². The molecule has 0 aromatic heterocycles. The first-order chi connectivity index (χ1) is 6.83. The van der Waals surface area contributed by atoms with Crippen molar-refractivity contribution in [3.63, 3.8) is 0 Å². The maximum atomic E-state index is 10.7.